The van der Waals surface area contributed by atoms with Crippen LogP contribution in [0, 0.1) is 12.7 Å². The lowest BCUT2D eigenvalue weighted by atomic mass is 10.1. The molecule has 0 radical (unpaired) electrons. The van der Waals surface area contributed by atoms with Crippen molar-refractivity contribution in [1.82, 2.24) is 0 Å². The summed E-state index contributed by atoms with van der Waals surface area (Å²) in [7, 11) is 1.40. The predicted molar refractivity (Wildman–Crippen MR) is 73.7 cm³/mol. The first kappa shape index (κ1) is 13.9. The van der Waals surface area contributed by atoms with Gasteiger partial charge in [0.15, 0.2) is 0 Å². The van der Waals surface area contributed by atoms with Crippen molar-refractivity contribution in [2.75, 3.05) is 12.4 Å². The number of aryl methyl sites for hydroxylation is 1. The molecule has 104 valence electrons. The van der Waals surface area contributed by atoms with Gasteiger partial charge in [-0.15, -0.1) is 0 Å². The van der Waals surface area contributed by atoms with Gasteiger partial charge in [0.1, 0.15) is 17.3 Å². The third-order valence-electron chi connectivity index (χ3n) is 2.87. The average Bonchev–Trinajstić information content (AvgIpc) is 2.40. The molecular weight excluding hydrogens is 261 g/mol. The Morgan fingerprint density at radius 2 is 2.00 bits per heavy atom. The summed E-state index contributed by atoms with van der Waals surface area (Å²) in [6.45, 7) is 1.72. The molecule has 0 saturated heterocycles. The van der Waals surface area contributed by atoms with Crippen LogP contribution < -0.4 is 10.1 Å². The quantitative estimate of drug-likeness (QED) is 0.905. The van der Waals surface area contributed by atoms with Crippen LogP contribution in [0.1, 0.15) is 15.9 Å². The molecule has 2 aromatic carbocycles. The molecule has 5 heteroatoms. The number of nitrogens with one attached hydrogen (secondary N) is 1. The molecule has 1 amide bonds. The minimum absolute atomic E-state index is 0.0958. The molecule has 0 aliphatic heterocycles. The number of hydrogen-bond acceptors (Lipinski definition) is 3. The number of halogens is 1. The summed E-state index contributed by atoms with van der Waals surface area (Å²) in [4.78, 5) is 12.2. The molecular formula is C15H14FNO3. The van der Waals surface area contributed by atoms with Gasteiger partial charge in [-0.25, -0.2) is 4.39 Å². The van der Waals surface area contributed by atoms with Gasteiger partial charge in [-0.05, 0) is 42.8 Å². The number of benzene rings is 2. The van der Waals surface area contributed by atoms with Crippen LogP contribution in [0.2, 0.25) is 0 Å². The predicted octanol–water partition coefficient (Wildman–Crippen LogP) is 3.10. The zero-order valence-corrected chi connectivity index (χ0v) is 11.1. The van der Waals surface area contributed by atoms with E-state index in [0.717, 1.165) is 0 Å². The van der Waals surface area contributed by atoms with Crippen LogP contribution in [0.25, 0.3) is 0 Å². The highest BCUT2D eigenvalue weighted by molar-refractivity contribution is 6.06. The van der Waals surface area contributed by atoms with Crippen molar-refractivity contribution in [3.63, 3.8) is 0 Å². The lowest BCUT2D eigenvalue weighted by Crippen LogP contribution is -2.14. The smallest absolute Gasteiger partial charge is 0.256 e. The van der Waals surface area contributed by atoms with Gasteiger partial charge in [-0.1, -0.05) is 0 Å². The minimum Gasteiger partial charge on any atom is -0.508 e. The minimum atomic E-state index is -0.444. The second kappa shape index (κ2) is 5.61. The number of rotatable bonds is 3. The molecule has 4 nitrogen and oxygen atoms in total. The normalized spacial score (nSPS) is 10.2. The van der Waals surface area contributed by atoms with E-state index in [1.54, 1.807) is 6.92 Å². The van der Waals surface area contributed by atoms with Gasteiger partial charge in [-0.3, -0.25) is 4.79 Å². The second-order valence-electron chi connectivity index (χ2n) is 4.30. The van der Waals surface area contributed by atoms with Crippen LogP contribution in [0.4, 0.5) is 10.1 Å². The van der Waals surface area contributed by atoms with E-state index in [9.17, 15) is 14.3 Å². The summed E-state index contributed by atoms with van der Waals surface area (Å²) < 4.78 is 18.1. The van der Waals surface area contributed by atoms with Gasteiger partial charge in [0, 0.05) is 11.6 Å². The first-order valence-electron chi connectivity index (χ1n) is 5.96. The maximum absolute atomic E-state index is 13.1. The molecule has 2 aromatic rings. The topological polar surface area (TPSA) is 58.6 Å². The number of amides is 1. The largest absolute Gasteiger partial charge is 0.508 e. The highest BCUT2D eigenvalue weighted by atomic mass is 19.1. The van der Waals surface area contributed by atoms with Gasteiger partial charge in [0.25, 0.3) is 5.91 Å². The van der Waals surface area contributed by atoms with E-state index in [-0.39, 0.29) is 17.4 Å². The summed E-state index contributed by atoms with van der Waals surface area (Å²) in [6, 6.07) is 8.32. The number of aromatic hydroxyl groups is 1. The van der Waals surface area contributed by atoms with Crippen LogP contribution in [-0.4, -0.2) is 18.1 Å². The van der Waals surface area contributed by atoms with Crippen molar-refractivity contribution in [3.05, 3.63) is 53.3 Å². The molecule has 0 saturated carbocycles. The first-order valence-corrected chi connectivity index (χ1v) is 5.96. The van der Waals surface area contributed by atoms with E-state index in [2.05, 4.69) is 5.32 Å². The fourth-order valence-corrected chi connectivity index (χ4v) is 1.86. The molecule has 2 rings (SSSR count). The van der Waals surface area contributed by atoms with Crippen LogP contribution >= 0.6 is 0 Å². The lowest BCUT2D eigenvalue weighted by Gasteiger charge is -2.11. The third-order valence-corrected chi connectivity index (χ3v) is 2.87. The van der Waals surface area contributed by atoms with Crippen molar-refractivity contribution < 1.29 is 19.0 Å². The van der Waals surface area contributed by atoms with Gasteiger partial charge in [-0.2, -0.15) is 0 Å². The van der Waals surface area contributed by atoms with Crippen molar-refractivity contribution in [2.45, 2.75) is 6.92 Å². The Morgan fingerprint density at radius 3 is 2.65 bits per heavy atom. The zero-order valence-electron chi connectivity index (χ0n) is 11.1. The molecule has 0 bridgehead atoms. The van der Waals surface area contributed by atoms with Crippen LogP contribution in [0.5, 0.6) is 11.5 Å². The van der Waals surface area contributed by atoms with Crippen molar-refractivity contribution >= 4 is 11.6 Å². The maximum atomic E-state index is 13.1. The number of ether oxygens (including phenoxy) is 1. The van der Waals surface area contributed by atoms with E-state index in [1.165, 1.54) is 43.5 Å². The molecule has 2 N–H and O–H groups in total. The summed E-state index contributed by atoms with van der Waals surface area (Å²) in [5.74, 6) is -0.457. The highest BCUT2D eigenvalue weighted by Crippen LogP contribution is 2.26. The van der Waals surface area contributed by atoms with E-state index >= 15 is 0 Å². The van der Waals surface area contributed by atoms with Gasteiger partial charge >= 0.3 is 0 Å². The number of carbonyl (C=O) groups is 1. The highest BCUT2D eigenvalue weighted by Gasteiger charge is 2.12. The van der Waals surface area contributed by atoms with Crippen molar-refractivity contribution in [1.29, 1.82) is 0 Å². The van der Waals surface area contributed by atoms with Gasteiger partial charge in [0.05, 0.1) is 12.8 Å². The standard InChI is InChI=1S/C15H14FNO3/c1-9-7-11(18)4-5-12(9)15(19)17-13-6-3-10(16)8-14(13)20-2/h3-8,18H,1-2H3,(H,17,19). The fourth-order valence-electron chi connectivity index (χ4n) is 1.86. The summed E-state index contributed by atoms with van der Waals surface area (Å²) in [6.07, 6.45) is 0. The molecule has 0 spiro atoms. The van der Waals surface area contributed by atoms with E-state index < -0.39 is 5.82 Å². The third kappa shape index (κ3) is 2.88. The summed E-state index contributed by atoms with van der Waals surface area (Å²) >= 11 is 0. The van der Waals surface area contributed by atoms with Crippen molar-refractivity contribution in [3.8, 4) is 11.5 Å². The van der Waals surface area contributed by atoms with E-state index in [1.807, 2.05) is 0 Å². The van der Waals surface area contributed by atoms with Crippen molar-refractivity contribution in [2.24, 2.45) is 0 Å². The molecule has 20 heavy (non-hydrogen) atoms. The van der Waals surface area contributed by atoms with Crippen LogP contribution in [0.15, 0.2) is 36.4 Å². The molecule has 0 aliphatic rings. The monoisotopic (exact) mass is 275 g/mol. The Morgan fingerprint density at radius 1 is 1.25 bits per heavy atom. The molecule has 0 heterocycles. The molecule has 0 aliphatic carbocycles. The fraction of sp³-hybridized carbons (Fsp3) is 0.133. The number of phenolic OH excluding ortho intramolecular Hbond substituents is 1. The van der Waals surface area contributed by atoms with Gasteiger partial charge in [0.2, 0.25) is 0 Å². The Balaban J connectivity index is 2.28. The Hall–Kier alpha value is -2.56. The SMILES string of the molecule is COc1cc(F)ccc1NC(=O)c1ccc(O)cc1C. The Bertz CT molecular complexity index is 656. The van der Waals surface area contributed by atoms with E-state index in [4.69, 9.17) is 4.74 Å². The number of methoxy groups -OCH3 is 1. The van der Waals surface area contributed by atoms with E-state index in [0.29, 0.717) is 16.8 Å². The summed E-state index contributed by atoms with van der Waals surface area (Å²) in [5, 5.41) is 12.0. The summed E-state index contributed by atoms with van der Waals surface area (Å²) in [5.41, 5.74) is 1.45. The molecule has 0 atom stereocenters. The van der Waals surface area contributed by atoms with Crippen LogP contribution in [-0.2, 0) is 0 Å². The zero-order chi connectivity index (χ0) is 14.7. The maximum Gasteiger partial charge on any atom is 0.256 e. The number of carbonyl (C=O) groups excluding carboxylic acids is 1. The Kier molecular flexibility index (Phi) is 3.89. The first-order chi connectivity index (χ1) is 9.51. The second-order valence-corrected chi connectivity index (χ2v) is 4.30. The van der Waals surface area contributed by atoms with Crippen LogP contribution in [0.3, 0.4) is 0 Å². The van der Waals surface area contributed by atoms with Gasteiger partial charge < -0.3 is 15.2 Å². The number of phenols is 1. The number of anilines is 1. The Labute approximate surface area is 115 Å². The molecule has 0 aromatic heterocycles. The number of hydrogen-bond donors (Lipinski definition) is 2. The lowest BCUT2D eigenvalue weighted by molar-refractivity contribution is 0.102. The molecule has 0 unspecified atom stereocenters. The average molecular weight is 275 g/mol. The molecule has 0 fully saturated rings.